The number of rotatable bonds is 9. The van der Waals surface area contributed by atoms with Crippen molar-refractivity contribution in [1.29, 1.82) is 0 Å². The quantitative estimate of drug-likeness (QED) is 0.516. The molecule has 178 valence electrons. The highest BCUT2D eigenvalue weighted by atomic mass is 19.1. The Morgan fingerprint density at radius 3 is 2.52 bits per heavy atom. The zero-order valence-corrected chi connectivity index (χ0v) is 19.4. The summed E-state index contributed by atoms with van der Waals surface area (Å²) in [6.45, 7) is 0.547. The van der Waals surface area contributed by atoms with Crippen LogP contribution in [-0.4, -0.2) is 31.9 Å². The molecule has 2 fully saturated rings. The molecule has 0 bridgehead atoms. The third-order valence-electron chi connectivity index (χ3n) is 7.18. The van der Waals surface area contributed by atoms with Crippen LogP contribution < -0.4 is 9.47 Å². The van der Waals surface area contributed by atoms with Gasteiger partial charge >= 0.3 is 5.97 Å². The van der Waals surface area contributed by atoms with Crippen LogP contribution in [0, 0.1) is 17.7 Å². The summed E-state index contributed by atoms with van der Waals surface area (Å²) in [5.41, 5.74) is 0.248. The molecule has 2 saturated carbocycles. The highest BCUT2D eigenvalue weighted by Crippen LogP contribution is 2.45. The van der Waals surface area contributed by atoms with Crippen molar-refractivity contribution in [3.05, 3.63) is 59.4 Å². The minimum atomic E-state index is -1.18. The first-order valence-electron chi connectivity index (χ1n) is 11.8. The maximum absolute atomic E-state index is 14.4. The lowest BCUT2D eigenvalue weighted by Crippen LogP contribution is -2.34. The molecule has 0 heterocycles. The molecule has 0 saturated heterocycles. The fraction of sp³-hybridized carbons (Fsp3) is 0.519. The van der Waals surface area contributed by atoms with Gasteiger partial charge in [-0.3, -0.25) is 4.79 Å². The highest BCUT2D eigenvalue weighted by molar-refractivity contribution is 5.70. The van der Waals surface area contributed by atoms with E-state index < -0.39 is 11.4 Å². The van der Waals surface area contributed by atoms with E-state index in [1.165, 1.54) is 20.3 Å². The smallest absolute Gasteiger partial charge is 0.306 e. The van der Waals surface area contributed by atoms with Gasteiger partial charge in [-0.25, -0.2) is 4.39 Å². The van der Waals surface area contributed by atoms with Crippen molar-refractivity contribution >= 4 is 5.97 Å². The zero-order valence-electron chi connectivity index (χ0n) is 19.4. The average Bonchev–Trinajstić information content (AvgIpc) is 3.68. The summed E-state index contributed by atoms with van der Waals surface area (Å²) in [6.07, 6.45) is 5.14. The van der Waals surface area contributed by atoms with Gasteiger partial charge in [-0.2, -0.15) is 0 Å². The van der Waals surface area contributed by atoms with Crippen LogP contribution in [0.3, 0.4) is 0 Å². The Labute approximate surface area is 194 Å². The van der Waals surface area contributed by atoms with Crippen molar-refractivity contribution in [2.45, 2.75) is 56.5 Å². The molecule has 0 aromatic heterocycles. The monoisotopic (exact) mass is 456 g/mol. The topological polar surface area (TPSA) is 65.0 Å². The molecule has 6 heteroatoms. The molecule has 2 aromatic carbocycles. The van der Waals surface area contributed by atoms with Gasteiger partial charge in [0.2, 0.25) is 0 Å². The summed E-state index contributed by atoms with van der Waals surface area (Å²) in [4.78, 5) is 11.9. The summed E-state index contributed by atoms with van der Waals surface area (Å²) >= 11 is 0. The van der Waals surface area contributed by atoms with Crippen LogP contribution in [0.25, 0.3) is 0 Å². The van der Waals surface area contributed by atoms with E-state index in [2.05, 4.69) is 6.07 Å². The van der Waals surface area contributed by atoms with Crippen molar-refractivity contribution in [2.75, 3.05) is 20.8 Å². The Bertz CT molecular complexity index is 963. The van der Waals surface area contributed by atoms with Crippen molar-refractivity contribution in [3.8, 4) is 11.5 Å². The molecule has 2 aromatic rings. The summed E-state index contributed by atoms with van der Waals surface area (Å²) < 4.78 is 30.6. The number of benzene rings is 2. The van der Waals surface area contributed by atoms with E-state index in [4.69, 9.17) is 14.2 Å². The zero-order chi connectivity index (χ0) is 23.4. The average molecular weight is 457 g/mol. The summed E-state index contributed by atoms with van der Waals surface area (Å²) in [5.74, 6) is 1.75. The van der Waals surface area contributed by atoms with Crippen molar-refractivity contribution in [3.63, 3.8) is 0 Å². The largest absolute Gasteiger partial charge is 0.497 e. The number of halogens is 1. The predicted molar refractivity (Wildman–Crippen MR) is 123 cm³/mol. The van der Waals surface area contributed by atoms with Gasteiger partial charge in [-0.05, 0) is 92.2 Å². The van der Waals surface area contributed by atoms with Gasteiger partial charge < -0.3 is 19.3 Å². The first-order valence-corrected chi connectivity index (χ1v) is 11.8. The van der Waals surface area contributed by atoms with Gasteiger partial charge in [0.1, 0.15) is 17.3 Å². The van der Waals surface area contributed by atoms with Gasteiger partial charge in [-0.1, -0.05) is 12.1 Å². The lowest BCUT2D eigenvalue weighted by molar-refractivity contribution is -0.141. The third kappa shape index (κ3) is 5.67. The molecular weight excluding hydrogens is 423 g/mol. The van der Waals surface area contributed by atoms with Crippen LogP contribution in [0.15, 0.2) is 42.5 Å². The molecule has 0 aliphatic heterocycles. The van der Waals surface area contributed by atoms with Gasteiger partial charge in [0.15, 0.2) is 0 Å². The molecular formula is C27H33FO5. The molecule has 1 N–H and O–H groups in total. The SMILES string of the molecule is COC(=O)CC(c1cccc(OC[C@H]2CC[C@](O)(c3cc(OC)ccc3F)CC2)c1)C1CC1. The lowest BCUT2D eigenvalue weighted by Gasteiger charge is -2.36. The molecule has 1 unspecified atom stereocenters. The normalized spacial score (nSPS) is 23.6. The summed E-state index contributed by atoms with van der Waals surface area (Å²) in [5, 5.41) is 11.1. The molecule has 0 amide bonds. The Balaban J connectivity index is 1.35. The maximum atomic E-state index is 14.4. The molecule has 1 atom stereocenters. The number of aliphatic hydroxyl groups is 1. The van der Waals surface area contributed by atoms with E-state index >= 15 is 0 Å². The van der Waals surface area contributed by atoms with E-state index in [1.54, 1.807) is 12.1 Å². The molecule has 2 aliphatic rings. The van der Waals surface area contributed by atoms with Gasteiger partial charge in [0, 0.05) is 5.56 Å². The number of ether oxygens (including phenoxy) is 3. The highest BCUT2D eigenvalue weighted by Gasteiger charge is 2.37. The van der Waals surface area contributed by atoms with E-state index in [1.807, 2.05) is 18.2 Å². The van der Waals surface area contributed by atoms with Gasteiger partial charge in [0.25, 0.3) is 0 Å². The van der Waals surface area contributed by atoms with Gasteiger partial charge in [-0.15, -0.1) is 0 Å². The second kappa shape index (κ2) is 10.1. The minimum absolute atomic E-state index is 0.170. The fourth-order valence-electron chi connectivity index (χ4n) is 4.95. The molecule has 2 aliphatic carbocycles. The molecule has 4 rings (SSSR count). The molecule has 0 spiro atoms. The Morgan fingerprint density at radius 1 is 1.09 bits per heavy atom. The van der Waals surface area contributed by atoms with Crippen LogP contribution in [0.5, 0.6) is 11.5 Å². The second-order valence-electron chi connectivity index (χ2n) is 9.43. The van der Waals surface area contributed by atoms with Crippen molar-refractivity contribution < 1.29 is 28.5 Å². The number of carbonyl (C=O) groups excluding carboxylic acids is 1. The van der Waals surface area contributed by atoms with E-state index in [-0.39, 0.29) is 17.8 Å². The molecule has 5 nitrogen and oxygen atoms in total. The van der Waals surface area contributed by atoms with Crippen LogP contribution in [-0.2, 0) is 15.1 Å². The van der Waals surface area contributed by atoms with Gasteiger partial charge in [0.05, 0.1) is 32.8 Å². The van der Waals surface area contributed by atoms with E-state index in [0.29, 0.717) is 43.1 Å². The number of esters is 1. The Kier molecular flexibility index (Phi) is 7.23. The first-order chi connectivity index (χ1) is 15.9. The third-order valence-corrected chi connectivity index (χ3v) is 7.18. The number of hydrogen-bond donors (Lipinski definition) is 1. The Morgan fingerprint density at radius 2 is 1.85 bits per heavy atom. The Hall–Kier alpha value is -2.60. The summed E-state index contributed by atoms with van der Waals surface area (Å²) in [7, 11) is 2.96. The van der Waals surface area contributed by atoms with Crippen molar-refractivity contribution in [2.24, 2.45) is 11.8 Å². The number of methoxy groups -OCH3 is 2. The van der Waals surface area contributed by atoms with E-state index in [9.17, 15) is 14.3 Å². The lowest BCUT2D eigenvalue weighted by atomic mass is 9.75. The van der Waals surface area contributed by atoms with Crippen LogP contribution in [0.1, 0.15) is 62.0 Å². The van der Waals surface area contributed by atoms with Crippen LogP contribution >= 0.6 is 0 Å². The second-order valence-corrected chi connectivity index (χ2v) is 9.43. The minimum Gasteiger partial charge on any atom is -0.497 e. The first kappa shape index (κ1) is 23.6. The number of hydrogen-bond acceptors (Lipinski definition) is 5. The van der Waals surface area contributed by atoms with Crippen LogP contribution in [0.2, 0.25) is 0 Å². The fourth-order valence-corrected chi connectivity index (χ4v) is 4.95. The number of carbonyl (C=O) groups is 1. The molecule has 0 radical (unpaired) electrons. The van der Waals surface area contributed by atoms with Crippen molar-refractivity contribution in [1.82, 2.24) is 0 Å². The van der Waals surface area contributed by atoms with Crippen LogP contribution in [0.4, 0.5) is 4.39 Å². The predicted octanol–water partition coefficient (Wildman–Crippen LogP) is 5.35. The standard InChI is InChI=1S/C27H33FO5/c1-31-21-8-9-25(28)24(15-21)27(30)12-10-18(11-13-27)17-33-22-5-3-4-20(14-22)23(19-6-7-19)16-26(29)32-2/h3-5,8-9,14-15,18-19,23,30H,6-7,10-13,16-17H2,1-2H3/t18-,23?,27+. The maximum Gasteiger partial charge on any atom is 0.306 e. The summed E-state index contributed by atoms with van der Waals surface area (Å²) in [6, 6.07) is 12.5. The molecule has 33 heavy (non-hydrogen) atoms. The van der Waals surface area contributed by atoms with E-state index in [0.717, 1.165) is 37.0 Å².